The third-order valence-electron chi connectivity index (χ3n) is 3.65. The van der Waals surface area contributed by atoms with Crippen LogP contribution in [0.3, 0.4) is 0 Å². The molecule has 126 valence electrons. The molecule has 0 unspecified atom stereocenters. The van der Waals surface area contributed by atoms with E-state index in [2.05, 4.69) is 43.6 Å². The molecule has 1 aromatic heterocycles. The number of nitriles is 1. The molecule has 0 radical (unpaired) electrons. The van der Waals surface area contributed by atoms with E-state index in [9.17, 15) is 5.26 Å². The Hall–Kier alpha value is -2.05. The minimum atomic E-state index is 0.270. The highest BCUT2D eigenvalue weighted by Gasteiger charge is 2.18. The Morgan fingerprint density at radius 1 is 1.08 bits per heavy atom. The number of pyridine rings is 1. The number of anilines is 1. The quantitative estimate of drug-likeness (QED) is 0.661. The van der Waals surface area contributed by atoms with Gasteiger partial charge in [0, 0.05) is 18.7 Å². The van der Waals surface area contributed by atoms with Crippen LogP contribution in [0, 0.1) is 23.2 Å². The molecule has 0 atom stereocenters. The van der Waals surface area contributed by atoms with E-state index in [4.69, 9.17) is 11.6 Å². The molecule has 0 saturated heterocycles. The number of hydrogen-bond acceptors (Lipinski definition) is 3. The number of rotatable bonds is 6. The summed E-state index contributed by atoms with van der Waals surface area (Å²) in [7, 11) is 0. The van der Waals surface area contributed by atoms with Crippen molar-refractivity contribution in [2.24, 2.45) is 11.8 Å². The van der Waals surface area contributed by atoms with Crippen LogP contribution < -0.4 is 4.90 Å². The normalized spacial score (nSPS) is 10.9. The summed E-state index contributed by atoms with van der Waals surface area (Å²) in [6.45, 7) is 10.6. The highest BCUT2D eigenvalue weighted by atomic mass is 35.5. The number of hydrogen-bond donors (Lipinski definition) is 0. The van der Waals surface area contributed by atoms with Crippen molar-refractivity contribution >= 4 is 17.4 Å². The molecule has 3 nitrogen and oxygen atoms in total. The summed E-state index contributed by atoms with van der Waals surface area (Å²) in [5.74, 6) is 1.86. The fraction of sp³-hybridized carbons (Fsp3) is 0.400. The van der Waals surface area contributed by atoms with Crippen molar-refractivity contribution in [1.29, 1.82) is 5.26 Å². The second-order valence-electron chi connectivity index (χ2n) is 6.86. The molecule has 24 heavy (non-hydrogen) atoms. The molecule has 0 fully saturated rings. The topological polar surface area (TPSA) is 39.9 Å². The van der Waals surface area contributed by atoms with Gasteiger partial charge in [-0.1, -0.05) is 69.6 Å². The first-order valence-electron chi connectivity index (χ1n) is 8.33. The Kier molecular flexibility index (Phi) is 6.23. The van der Waals surface area contributed by atoms with E-state index in [0.717, 1.165) is 30.0 Å². The van der Waals surface area contributed by atoms with Crippen LogP contribution in [0.5, 0.6) is 0 Å². The predicted molar refractivity (Wildman–Crippen MR) is 101 cm³/mol. The minimum absolute atomic E-state index is 0.270. The average molecular weight is 342 g/mol. The Balaban J connectivity index is 2.55. The monoisotopic (exact) mass is 341 g/mol. The smallest absolute Gasteiger partial charge is 0.149 e. The van der Waals surface area contributed by atoms with Crippen LogP contribution in [0.2, 0.25) is 5.15 Å². The molecule has 0 aliphatic heterocycles. The van der Waals surface area contributed by atoms with Crippen LogP contribution in [-0.2, 0) is 0 Å². The molecular formula is C20H24ClN3. The maximum absolute atomic E-state index is 9.49. The van der Waals surface area contributed by atoms with Gasteiger partial charge in [0.15, 0.2) is 0 Å². The molecule has 2 aromatic rings. The molecule has 1 heterocycles. The third-order valence-corrected chi connectivity index (χ3v) is 3.93. The zero-order chi connectivity index (χ0) is 17.7. The summed E-state index contributed by atoms with van der Waals surface area (Å²) in [4.78, 5) is 6.76. The molecule has 0 N–H and O–H groups in total. The van der Waals surface area contributed by atoms with E-state index in [0.29, 0.717) is 17.4 Å². The molecular weight excluding hydrogens is 318 g/mol. The van der Waals surface area contributed by atoms with Crippen LogP contribution in [-0.4, -0.2) is 18.1 Å². The molecule has 0 saturated carbocycles. The van der Waals surface area contributed by atoms with E-state index in [1.54, 1.807) is 0 Å². The maximum atomic E-state index is 9.49. The van der Waals surface area contributed by atoms with Crippen molar-refractivity contribution < 1.29 is 0 Å². The Bertz CT molecular complexity index is 708. The molecule has 0 aliphatic rings. The van der Waals surface area contributed by atoms with E-state index in [-0.39, 0.29) is 5.15 Å². The highest BCUT2D eigenvalue weighted by Crippen LogP contribution is 2.31. The van der Waals surface area contributed by atoms with Crippen molar-refractivity contribution in [3.63, 3.8) is 0 Å². The highest BCUT2D eigenvalue weighted by molar-refractivity contribution is 6.31. The Labute approximate surface area is 149 Å². The number of benzene rings is 1. The fourth-order valence-corrected chi connectivity index (χ4v) is 2.99. The lowest BCUT2D eigenvalue weighted by Gasteiger charge is -2.28. The standard InChI is InChI=1S/C20H24ClN3/c1-14(2)12-24(13-15(3)4)19-10-17(16-8-6-5-7-9-16)18(11-22)20(21)23-19/h5-10,14-15H,12-13H2,1-4H3. The van der Waals surface area contributed by atoms with Gasteiger partial charge in [-0.3, -0.25) is 0 Å². The summed E-state index contributed by atoms with van der Waals surface area (Å²) >= 11 is 6.34. The summed E-state index contributed by atoms with van der Waals surface area (Å²) in [6, 6.07) is 14.1. The van der Waals surface area contributed by atoms with Crippen LogP contribution in [0.25, 0.3) is 11.1 Å². The molecule has 0 amide bonds. The number of aromatic nitrogens is 1. The van der Waals surface area contributed by atoms with E-state index in [1.165, 1.54) is 0 Å². The van der Waals surface area contributed by atoms with Gasteiger partial charge < -0.3 is 4.90 Å². The summed E-state index contributed by atoms with van der Waals surface area (Å²) in [6.07, 6.45) is 0. The summed E-state index contributed by atoms with van der Waals surface area (Å²) in [5, 5.41) is 9.76. The molecule has 2 rings (SSSR count). The van der Waals surface area contributed by atoms with Gasteiger partial charge in [0.2, 0.25) is 0 Å². The van der Waals surface area contributed by atoms with Crippen LogP contribution in [0.1, 0.15) is 33.3 Å². The third kappa shape index (κ3) is 4.49. The molecule has 0 spiro atoms. The second-order valence-corrected chi connectivity index (χ2v) is 7.22. The summed E-state index contributed by atoms with van der Waals surface area (Å²) < 4.78 is 0. The predicted octanol–water partition coefficient (Wildman–Crippen LogP) is 5.39. The van der Waals surface area contributed by atoms with Crippen LogP contribution in [0.15, 0.2) is 36.4 Å². The van der Waals surface area contributed by atoms with Crippen molar-refractivity contribution in [1.82, 2.24) is 4.98 Å². The first-order chi connectivity index (χ1) is 11.4. The zero-order valence-electron chi connectivity index (χ0n) is 14.8. The lowest BCUT2D eigenvalue weighted by Crippen LogP contribution is -2.32. The largest absolute Gasteiger partial charge is 0.356 e. The van der Waals surface area contributed by atoms with Crippen LogP contribution >= 0.6 is 11.6 Å². The molecule has 1 aromatic carbocycles. The Morgan fingerprint density at radius 2 is 1.67 bits per heavy atom. The molecule has 0 bridgehead atoms. The second kappa shape index (κ2) is 8.17. The van der Waals surface area contributed by atoms with Gasteiger partial charge in [0.25, 0.3) is 0 Å². The lowest BCUT2D eigenvalue weighted by molar-refractivity contribution is 0.549. The van der Waals surface area contributed by atoms with Crippen molar-refractivity contribution in [2.75, 3.05) is 18.0 Å². The lowest BCUT2D eigenvalue weighted by atomic mass is 10.0. The number of nitrogens with zero attached hydrogens (tertiary/aromatic N) is 3. The Morgan fingerprint density at radius 3 is 2.17 bits per heavy atom. The average Bonchev–Trinajstić information content (AvgIpc) is 2.53. The summed E-state index contributed by atoms with van der Waals surface area (Å²) in [5.41, 5.74) is 2.25. The van der Waals surface area contributed by atoms with Gasteiger partial charge in [0.05, 0.1) is 5.56 Å². The molecule has 4 heteroatoms. The maximum Gasteiger partial charge on any atom is 0.149 e. The van der Waals surface area contributed by atoms with Crippen molar-refractivity contribution in [3.8, 4) is 17.2 Å². The van der Waals surface area contributed by atoms with Gasteiger partial charge in [-0.05, 0) is 23.5 Å². The van der Waals surface area contributed by atoms with Gasteiger partial charge in [-0.2, -0.15) is 5.26 Å². The minimum Gasteiger partial charge on any atom is -0.356 e. The SMILES string of the molecule is CC(C)CN(CC(C)C)c1cc(-c2ccccc2)c(C#N)c(Cl)n1. The first-order valence-corrected chi connectivity index (χ1v) is 8.71. The van der Waals surface area contributed by atoms with E-state index < -0.39 is 0 Å². The van der Waals surface area contributed by atoms with Crippen molar-refractivity contribution in [3.05, 3.63) is 47.1 Å². The zero-order valence-corrected chi connectivity index (χ0v) is 15.5. The van der Waals surface area contributed by atoms with E-state index >= 15 is 0 Å². The van der Waals surface area contributed by atoms with Crippen molar-refractivity contribution in [2.45, 2.75) is 27.7 Å². The fourth-order valence-electron chi connectivity index (χ4n) is 2.76. The first kappa shape index (κ1) is 18.3. The van der Waals surface area contributed by atoms with E-state index in [1.807, 2.05) is 36.4 Å². The van der Waals surface area contributed by atoms with Gasteiger partial charge >= 0.3 is 0 Å². The number of halogens is 1. The van der Waals surface area contributed by atoms with Crippen LogP contribution in [0.4, 0.5) is 5.82 Å². The van der Waals surface area contributed by atoms with Gasteiger partial charge in [0.1, 0.15) is 17.0 Å². The van der Waals surface area contributed by atoms with Gasteiger partial charge in [-0.25, -0.2) is 4.98 Å². The molecule has 0 aliphatic carbocycles. The van der Waals surface area contributed by atoms with Gasteiger partial charge in [-0.15, -0.1) is 0 Å².